The standard InChI is InChI=1S/C15H28N2O/c1-2-17(14-10-11-16-12-14)15(18)9-8-13-6-4-3-5-7-13/h13-14,16H,2-12H2,1H3. The first kappa shape index (κ1) is 13.9. The van der Waals surface area contributed by atoms with Gasteiger partial charge in [-0.2, -0.15) is 0 Å². The van der Waals surface area contributed by atoms with Crippen molar-refractivity contribution in [3.05, 3.63) is 0 Å². The number of hydrogen-bond donors (Lipinski definition) is 1. The van der Waals surface area contributed by atoms with E-state index in [4.69, 9.17) is 0 Å². The van der Waals surface area contributed by atoms with Gasteiger partial charge in [0, 0.05) is 25.6 Å². The van der Waals surface area contributed by atoms with Gasteiger partial charge in [0.05, 0.1) is 0 Å². The first-order valence-electron chi connectivity index (χ1n) is 7.81. The molecule has 2 rings (SSSR count). The summed E-state index contributed by atoms with van der Waals surface area (Å²) in [6.45, 7) is 5.03. The second-order valence-corrected chi connectivity index (χ2v) is 5.87. The Morgan fingerprint density at radius 2 is 2.00 bits per heavy atom. The van der Waals surface area contributed by atoms with Crippen LogP contribution in [0.15, 0.2) is 0 Å². The van der Waals surface area contributed by atoms with Crippen LogP contribution in [0.25, 0.3) is 0 Å². The Bertz CT molecular complexity index is 255. The monoisotopic (exact) mass is 252 g/mol. The number of rotatable bonds is 5. The van der Waals surface area contributed by atoms with Gasteiger partial charge in [-0.25, -0.2) is 0 Å². The van der Waals surface area contributed by atoms with Gasteiger partial charge in [-0.1, -0.05) is 32.1 Å². The Morgan fingerprint density at radius 3 is 2.61 bits per heavy atom. The predicted octanol–water partition coefficient (Wildman–Crippen LogP) is 2.56. The first-order valence-corrected chi connectivity index (χ1v) is 7.81. The minimum Gasteiger partial charge on any atom is -0.339 e. The van der Waals surface area contributed by atoms with E-state index in [1.165, 1.54) is 32.1 Å². The van der Waals surface area contributed by atoms with E-state index in [1.54, 1.807) is 0 Å². The van der Waals surface area contributed by atoms with E-state index in [9.17, 15) is 4.79 Å². The molecule has 1 saturated carbocycles. The fraction of sp³-hybridized carbons (Fsp3) is 0.933. The minimum absolute atomic E-state index is 0.386. The van der Waals surface area contributed by atoms with E-state index in [0.29, 0.717) is 11.9 Å². The second-order valence-electron chi connectivity index (χ2n) is 5.87. The largest absolute Gasteiger partial charge is 0.339 e. The van der Waals surface area contributed by atoms with Gasteiger partial charge < -0.3 is 10.2 Å². The maximum absolute atomic E-state index is 12.3. The number of carbonyl (C=O) groups excluding carboxylic acids is 1. The summed E-state index contributed by atoms with van der Waals surface area (Å²) in [5.74, 6) is 1.21. The topological polar surface area (TPSA) is 32.3 Å². The highest BCUT2D eigenvalue weighted by molar-refractivity contribution is 5.76. The molecule has 1 heterocycles. The molecule has 0 aromatic heterocycles. The van der Waals surface area contributed by atoms with Crippen LogP contribution in [0.5, 0.6) is 0 Å². The maximum Gasteiger partial charge on any atom is 0.222 e. The van der Waals surface area contributed by atoms with Crippen LogP contribution in [0.2, 0.25) is 0 Å². The van der Waals surface area contributed by atoms with E-state index >= 15 is 0 Å². The van der Waals surface area contributed by atoms with Crippen molar-refractivity contribution in [2.75, 3.05) is 19.6 Å². The summed E-state index contributed by atoms with van der Waals surface area (Å²) in [5, 5.41) is 3.35. The van der Waals surface area contributed by atoms with Crippen molar-refractivity contribution in [2.24, 2.45) is 5.92 Å². The van der Waals surface area contributed by atoms with Crippen molar-refractivity contribution >= 4 is 5.91 Å². The van der Waals surface area contributed by atoms with Gasteiger partial charge in [0.2, 0.25) is 5.91 Å². The molecule has 2 aliphatic rings. The second kappa shape index (κ2) is 7.13. The summed E-state index contributed by atoms with van der Waals surface area (Å²) in [7, 11) is 0. The minimum atomic E-state index is 0.386. The highest BCUT2D eigenvalue weighted by atomic mass is 16.2. The zero-order chi connectivity index (χ0) is 12.8. The summed E-state index contributed by atoms with van der Waals surface area (Å²) in [6, 6.07) is 0.453. The molecule has 3 heteroatoms. The third kappa shape index (κ3) is 3.71. The van der Waals surface area contributed by atoms with Crippen molar-refractivity contribution in [3.8, 4) is 0 Å². The SMILES string of the molecule is CCN(C(=O)CCC1CCCCC1)C1CCNC1. The predicted molar refractivity (Wildman–Crippen MR) is 74.5 cm³/mol. The molecule has 1 saturated heterocycles. The Balaban J connectivity index is 1.74. The molecule has 0 aromatic carbocycles. The Kier molecular flexibility index (Phi) is 5.48. The molecule has 1 unspecified atom stereocenters. The Labute approximate surface area is 111 Å². The number of likely N-dealkylation sites (N-methyl/N-ethyl adjacent to an activating group) is 1. The van der Waals surface area contributed by atoms with E-state index in [2.05, 4.69) is 17.1 Å². The van der Waals surface area contributed by atoms with Gasteiger partial charge in [-0.05, 0) is 32.2 Å². The lowest BCUT2D eigenvalue weighted by Gasteiger charge is -2.28. The molecule has 1 amide bonds. The lowest BCUT2D eigenvalue weighted by Crippen LogP contribution is -2.41. The van der Waals surface area contributed by atoms with Crippen molar-refractivity contribution in [1.82, 2.24) is 10.2 Å². The van der Waals surface area contributed by atoms with Crippen LogP contribution in [-0.4, -0.2) is 36.5 Å². The highest BCUT2D eigenvalue weighted by Crippen LogP contribution is 2.27. The third-order valence-electron chi connectivity index (χ3n) is 4.63. The third-order valence-corrected chi connectivity index (χ3v) is 4.63. The summed E-state index contributed by atoms with van der Waals surface area (Å²) < 4.78 is 0. The molecule has 1 aliphatic heterocycles. The quantitative estimate of drug-likeness (QED) is 0.815. The van der Waals surface area contributed by atoms with Crippen LogP contribution in [0.4, 0.5) is 0 Å². The average Bonchev–Trinajstić information content (AvgIpc) is 2.92. The number of nitrogens with one attached hydrogen (secondary N) is 1. The molecule has 3 nitrogen and oxygen atoms in total. The maximum atomic E-state index is 12.3. The van der Waals surface area contributed by atoms with Crippen molar-refractivity contribution < 1.29 is 4.79 Å². The fourth-order valence-corrected chi connectivity index (χ4v) is 3.49. The summed E-state index contributed by atoms with van der Waals surface area (Å²) in [5.41, 5.74) is 0. The molecule has 2 fully saturated rings. The average molecular weight is 252 g/mol. The van der Waals surface area contributed by atoms with Crippen LogP contribution in [0, 0.1) is 5.92 Å². The zero-order valence-corrected chi connectivity index (χ0v) is 11.8. The van der Waals surface area contributed by atoms with Crippen LogP contribution in [-0.2, 0) is 4.79 Å². The van der Waals surface area contributed by atoms with Gasteiger partial charge in [-0.3, -0.25) is 4.79 Å². The Hall–Kier alpha value is -0.570. The molecular weight excluding hydrogens is 224 g/mol. The van der Waals surface area contributed by atoms with Crippen molar-refractivity contribution in [1.29, 1.82) is 0 Å². The molecule has 104 valence electrons. The lowest BCUT2D eigenvalue weighted by atomic mass is 9.86. The molecule has 1 N–H and O–H groups in total. The molecule has 0 aromatic rings. The number of amides is 1. The van der Waals surface area contributed by atoms with Gasteiger partial charge in [0.25, 0.3) is 0 Å². The number of hydrogen-bond acceptors (Lipinski definition) is 2. The van der Waals surface area contributed by atoms with Crippen molar-refractivity contribution in [2.45, 2.75) is 64.3 Å². The van der Waals surface area contributed by atoms with E-state index in [0.717, 1.165) is 44.8 Å². The summed E-state index contributed by atoms with van der Waals surface area (Å²) in [6.07, 6.45) is 9.88. The smallest absolute Gasteiger partial charge is 0.222 e. The van der Waals surface area contributed by atoms with Gasteiger partial charge in [0.15, 0.2) is 0 Å². The molecule has 18 heavy (non-hydrogen) atoms. The van der Waals surface area contributed by atoms with Gasteiger partial charge in [-0.15, -0.1) is 0 Å². The normalized spacial score (nSPS) is 25.3. The molecule has 0 radical (unpaired) electrons. The van der Waals surface area contributed by atoms with Gasteiger partial charge >= 0.3 is 0 Å². The number of nitrogens with zero attached hydrogens (tertiary/aromatic N) is 1. The molecule has 1 atom stereocenters. The highest BCUT2D eigenvalue weighted by Gasteiger charge is 2.25. The van der Waals surface area contributed by atoms with Crippen LogP contribution in [0.1, 0.15) is 58.3 Å². The zero-order valence-electron chi connectivity index (χ0n) is 11.8. The van der Waals surface area contributed by atoms with Crippen LogP contribution in [0.3, 0.4) is 0 Å². The number of carbonyl (C=O) groups is 1. The van der Waals surface area contributed by atoms with Crippen LogP contribution < -0.4 is 5.32 Å². The van der Waals surface area contributed by atoms with Crippen LogP contribution >= 0.6 is 0 Å². The molecule has 1 aliphatic carbocycles. The van der Waals surface area contributed by atoms with E-state index < -0.39 is 0 Å². The molecule has 0 bridgehead atoms. The lowest BCUT2D eigenvalue weighted by molar-refractivity contribution is -0.133. The first-order chi connectivity index (χ1) is 8.81. The molecule has 0 spiro atoms. The van der Waals surface area contributed by atoms with E-state index in [1.807, 2.05) is 0 Å². The Morgan fingerprint density at radius 1 is 1.22 bits per heavy atom. The van der Waals surface area contributed by atoms with Crippen molar-refractivity contribution in [3.63, 3.8) is 0 Å². The summed E-state index contributed by atoms with van der Waals surface area (Å²) >= 11 is 0. The summed E-state index contributed by atoms with van der Waals surface area (Å²) in [4.78, 5) is 14.4. The molecular formula is C15H28N2O. The van der Waals surface area contributed by atoms with Gasteiger partial charge in [0.1, 0.15) is 0 Å². The van der Waals surface area contributed by atoms with E-state index in [-0.39, 0.29) is 0 Å². The fourth-order valence-electron chi connectivity index (χ4n) is 3.49.